The molecule has 1 amide bonds. The predicted octanol–water partition coefficient (Wildman–Crippen LogP) is 1.03. The maximum atomic E-state index is 12.2. The molecule has 3 aliphatic heterocycles. The normalized spacial score (nSPS) is 40.4. The number of piperidine rings is 1. The first-order valence-electron chi connectivity index (χ1n) is 8.26. The summed E-state index contributed by atoms with van der Waals surface area (Å²) in [4.78, 5) is 13.9. The second-order valence-corrected chi connectivity index (χ2v) is 7.11. The fourth-order valence-corrected chi connectivity index (χ4v) is 4.21. The molecule has 0 radical (unpaired) electrons. The quantitative estimate of drug-likeness (QED) is 0.827. The monoisotopic (exact) mass is 296 g/mol. The van der Waals surface area contributed by atoms with E-state index in [1.165, 1.54) is 6.42 Å². The van der Waals surface area contributed by atoms with E-state index in [-0.39, 0.29) is 17.6 Å². The minimum atomic E-state index is -0.0190. The summed E-state index contributed by atoms with van der Waals surface area (Å²) >= 11 is 0. The van der Waals surface area contributed by atoms with Gasteiger partial charge in [-0.3, -0.25) is 4.79 Å². The number of nitrogens with one attached hydrogen (secondary N) is 1. The number of amides is 1. The molecule has 3 rings (SSSR count). The molecule has 0 aromatic rings. The first-order valence-corrected chi connectivity index (χ1v) is 8.26. The molecule has 3 fully saturated rings. The van der Waals surface area contributed by atoms with Gasteiger partial charge in [-0.25, -0.2) is 0 Å². The lowest BCUT2D eigenvalue weighted by molar-refractivity contribution is -0.133. The highest BCUT2D eigenvalue weighted by atomic mass is 16.6. The summed E-state index contributed by atoms with van der Waals surface area (Å²) in [5, 5.41) is 3.38. The van der Waals surface area contributed by atoms with E-state index in [4.69, 9.17) is 9.47 Å². The third-order valence-corrected chi connectivity index (χ3v) is 5.45. The molecule has 0 aromatic carbocycles. The number of likely N-dealkylation sites (N-methyl/N-ethyl adjacent to an activating group) is 1. The van der Waals surface area contributed by atoms with Gasteiger partial charge in [-0.2, -0.15) is 0 Å². The lowest BCUT2D eigenvalue weighted by atomic mass is 9.73. The van der Waals surface area contributed by atoms with E-state index in [2.05, 4.69) is 5.32 Å². The van der Waals surface area contributed by atoms with Gasteiger partial charge in [0, 0.05) is 33.7 Å². The van der Waals surface area contributed by atoms with Crippen LogP contribution in [0.4, 0.5) is 0 Å². The zero-order chi connectivity index (χ0) is 14.9. The van der Waals surface area contributed by atoms with Crippen molar-refractivity contribution in [1.82, 2.24) is 10.2 Å². The molecule has 120 valence electrons. The van der Waals surface area contributed by atoms with Crippen molar-refractivity contribution in [3.05, 3.63) is 0 Å². The predicted molar refractivity (Wildman–Crippen MR) is 80.1 cm³/mol. The van der Waals surface area contributed by atoms with Crippen molar-refractivity contribution in [2.24, 2.45) is 11.8 Å². The molecule has 5 heteroatoms. The number of ether oxygens (including phenoxy) is 2. The lowest BCUT2D eigenvalue weighted by Gasteiger charge is -2.43. The molecule has 4 atom stereocenters. The van der Waals surface area contributed by atoms with Gasteiger partial charge in [0.15, 0.2) is 0 Å². The van der Waals surface area contributed by atoms with Crippen molar-refractivity contribution >= 4 is 5.91 Å². The molecule has 3 aliphatic rings. The van der Waals surface area contributed by atoms with Crippen molar-refractivity contribution in [2.45, 2.75) is 43.7 Å². The first-order chi connectivity index (χ1) is 10.1. The molecule has 3 heterocycles. The average Bonchev–Trinajstić information content (AvgIpc) is 2.94. The van der Waals surface area contributed by atoms with Crippen molar-refractivity contribution in [3.8, 4) is 0 Å². The molecule has 0 bridgehead atoms. The van der Waals surface area contributed by atoms with E-state index in [1.54, 1.807) is 4.90 Å². The van der Waals surface area contributed by atoms with Crippen molar-refractivity contribution in [1.29, 1.82) is 0 Å². The Labute approximate surface area is 127 Å². The fourth-order valence-electron chi connectivity index (χ4n) is 4.21. The summed E-state index contributed by atoms with van der Waals surface area (Å²) in [6.45, 7) is 3.40. The number of carbonyl (C=O) groups excluding carboxylic acids is 1. The number of hydrogen-bond acceptors (Lipinski definition) is 4. The Morgan fingerprint density at radius 3 is 2.81 bits per heavy atom. The van der Waals surface area contributed by atoms with Crippen LogP contribution < -0.4 is 5.32 Å². The van der Waals surface area contributed by atoms with E-state index in [9.17, 15) is 4.79 Å². The summed E-state index contributed by atoms with van der Waals surface area (Å²) < 4.78 is 11.6. The first kappa shape index (κ1) is 15.3. The Kier molecular flexibility index (Phi) is 4.52. The molecule has 0 saturated carbocycles. The Morgan fingerprint density at radius 2 is 2.10 bits per heavy atom. The van der Waals surface area contributed by atoms with Gasteiger partial charge in [0.1, 0.15) is 0 Å². The van der Waals surface area contributed by atoms with Crippen molar-refractivity contribution < 1.29 is 14.3 Å². The molecule has 0 aromatic heterocycles. The fraction of sp³-hybridized carbons (Fsp3) is 0.938. The third kappa shape index (κ3) is 3.25. The molecule has 21 heavy (non-hydrogen) atoms. The highest BCUT2D eigenvalue weighted by molar-refractivity contribution is 5.81. The van der Waals surface area contributed by atoms with E-state index in [1.807, 2.05) is 14.1 Å². The Balaban J connectivity index is 1.62. The molecule has 1 N–H and O–H groups in total. The summed E-state index contributed by atoms with van der Waals surface area (Å²) in [6, 6.07) is -0.00243. The summed E-state index contributed by atoms with van der Waals surface area (Å²) in [6.07, 6.45) is 5.43. The number of carbonyl (C=O) groups is 1. The van der Waals surface area contributed by atoms with Crippen LogP contribution in [0.3, 0.4) is 0 Å². The standard InChI is InChI=1S/C16H28N2O3/c1-18(2)15(19)14-9-12(3-6-17-14)13-4-7-21-16(10-13)5-8-20-11-16/h12-14,17H,3-11H2,1-2H3. The van der Waals surface area contributed by atoms with E-state index in [0.717, 1.165) is 52.0 Å². The van der Waals surface area contributed by atoms with Gasteiger partial charge in [0.05, 0.1) is 18.2 Å². The number of rotatable bonds is 2. The van der Waals surface area contributed by atoms with Crippen molar-refractivity contribution in [2.75, 3.05) is 40.5 Å². The highest BCUT2D eigenvalue weighted by Crippen LogP contribution is 2.41. The summed E-state index contributed by atoms with van der Waals surface area (Å²) in [5.74, 6) is 1.53. The maximum absolute atomic E-state index is 12.2. The maximum Gasteiger partial charge on any atom is 0.239 e. The third-order valence-electron chi connectivity index (χ3n) is 5.45. The minimum Gasteiger partial charge on any atom is -0.378 e. The van der Waals surface area contributed by atoms with Gasteiger partial charge in [-0.05, 0) is 44.1 Å². The van der Waals surface area contributed by atoms with Crippen LogP contribution in [-0.2, 0) is 14.3 Å². The van der Waals surface area contributed by atoms with Gasteiger partial charge in [-0.1, -0.05) is 0 Å². The summed E-state index contributed by atoms with van der Waals surface area (Å²) in [5.41, 5.74) is -0.0190. The highest BCUT2D eigenvalue weighted by Gasteiger charge is 2.44. The van der Waals surface area contributed by atoms with Gasteiger partial charge in [0.25, 0.3) is 0 Å². The molecular weight excluding hydrogens is 268 g/mol. The van der Waals surface area contributed by atoms with Crippen LogP contribution in [0.5, 0.6) is 0 Å². The molecule has 5 nitrogen and oxygen atoms in total. The van der Waals surface area contributed by atoms with E-state index < -0.39 is 0 Å². The Hall–Kier alpha value is -0.650. The second kappa shape index (κ2) is 6.23. The zero-order valence-corrected chi connectivity index (χ0v) is 13.3. The Morgan fingerprint density at radius 1 is 1.24 bits per heavy atom. The summed E-state index contributed by atoms with van der Waals surface area (Å²) in [7, 11) is 3.68. The molecule has 1 spiro atoms. The van der Waals surface area contributed by atoms with Gasteiger partial charge < -0.3 is 19.7 Å². The molecule has 0 aliphatic carbocycles. The van der Waals surface area contributed by atoms with E-state index in [0.29, 0.717) is 11.8 Å². The van der Waals surface area contributed by atoms with Crippen LogP contribution in [0.2, 0.25) is 0 Å². The number of hydrogen-bond donors (Lipinski definition) is 1. The minimum absolute atomic E-state index is 0.00243. The van der Waals surface area contributed by atoms with E-state index >= 15 is 0 Å². The average molecular weight is 296 g/mol. The lowest BCUT2D eigenvalue weighted by Crippen LogP contribution is -2.51. The molecule has 4 unspecified atom stereocenters. The zero-order valence-electron chi connectivity index (χ0n) is 13.3. The second-order valence-electron chi connectivity index (χ2n) is 7.11. The number of nitrogens with zero attached hydrogens (tertiary/aromatic N) is 1. The van der Waals surface area contributed by atoms with Crippen LogP contribution in [0.15, 0.2) is 0 Å². The van der Waals surface area contributed by atoms with Crippen LogP contribution in [0.1, 0.15) is 32.1 Å². The van der Waals surface area contributed by atoms with Gasteiger partial charge >= 0.3 is 0 Å². The van der Waals surface area contributed by atoms with Crippen LogP contribution in [0.25, 0.3) is 0 Å². The SMILES string of the molecule is CN(C)C(=O)C1CC(C2CCOC3(CCOC3)C2)CCN1. The van der Waals surface area contributed by atoms with Crippen LogP contribution >= 0.6 is 0 Å². The van der Waals surface area contributed by atoms with Crippen LogP contribution in [-0.4, -0.2) is 62.9 Å². The molecule has 3 saturated heterocycles. The van der Waals surface area contributed by atoms with Crippen LogP contribution in [0, 0.1) is 11.8 Å². The van der Waals surface area contributed by atoms with Gasteiger partial charge in [0.2, 0.25) is 5.91 Å². The van der Waals surface area contributed by atoms with Crippen molar-refractivity contribution in [3.63, 3.8) is 0 Å². The Bertz CT molecular complexity index is 380. The smallest absolute Gasteiger partial charge is 0.239 e. The largest absolute Gasteiger partial charge is 0.378 e. The molecular formula is C16H28N2O3. The van der Waals surface area contributed by atoms with Gasteiger partial charge in [-0.15, -0.1) is 0 Å². The topological polar surface area (TPSA) is 50.8 Å².